The molecule has 2 aromatic carbocycles. The number of carbonyl (C=O) groups excluding carboxylic acids is 1. The van der Waals surface area contributed by atoms with Crippen LogP contribution in [0.5, 0.6) is 5.75 Å². The summed E-state index contributed by atoms with van der Waals surface area (Å²) in [4.78, 5) is 15.3. The lowest BCUT2D eigenvalue weighted by Crippen LogP contribution is -2.56. The van der Waals surface area contributed by atoms with Crippen LogP contribution in [0.3, 0.4) is 0 Å². The first kappa shape index (κ1) is 23.1. The SMILES string of the molecule is CCn1nc(C)c2c1CCN(C(C)(C(N)=O)c1ccccc1)C2CCc1ccccc1OC. The van der Waals surface area contributed by atoms with Gasteiger partial charge in [-0.25, -0.2) is 0 Å². The van der Waals surface area contributed by atoms with E-state index in [-0.39, 0.29) is 11.9 Å². The molecule has 6 heteroatoms. The van der Waals surface area contributed by atoms with E-state index in [4.69, 9.17) is 15.6 Å². The Hall–Kier alpha value is -3.12. The smallest absolute Gasteiger partial charge is 0.242 e. The third-order valence-electron chi connectivity index (χ3n) is 7.15. The van der Waals surface area contributed by atoms with E-state index >= 15 is 0 Å². The average molecular weight is 447 g/mol. The van der Waals surface area contributed by atoms with Crippen molar-refractivity contribution in [2.45, 2.75) is 58.2 Å². The molecule has 1 aromatic heterocycles. The van der Waals surface area contributed by atoms with Gasteiger partial charge < -0.3 is 10.5 Å². The van der Waals surface area contributed by atoms with Crippen LogP contribution in [0.15, 0.2) is 54.6 Å². The first-order valence-corrected chi connectivity index (χ1v) is 11.7. The normalized spacial score (nSPS) is 17.9. The van der Waals surface area contributed by atoms with Crippen LogP contribution < -0.4 is 10.5 Å². The van der Waals surface area contributed by atoms with Gasteiger partial charge in [-0.2, -0.15) is 5.10 Å². The van der Waals surface area contributed by atoms with Crippen molar-refractivity contribution in [1.29, 1.82) is 0 Å². The van der Waals surface area contributed by atoms with E-state index in [9.17, 15) is 4.79 Å². The first-order valence-electron chi connectivity index (χ1n) is 11.7. The molecule has 2 atom stereocenters. The van der Waals surface area contributed by atoms with Crippen molar-refractivity contribution < 1.29 is 9.53 Å². The van der Waals surface area contributed by atoms with Gasteiger partial charge in [-0.15, -0.1) is 0 Å². The molecule has 2 heterocycles. The summed E-state index contributed by atoms with van der Waals surface area (Å²) >= 11 is 0. The van der Waals surface area contributed by atoms with Gasteiger partial charge in [-0.05, 0) is 50.8 Å². The van der Waals surface area contributed by atoms with E-state index in [0.717, 1.165) is 54.9 Å². The summed E-state index contributed by atoms with van der Waals surface area (Å²) in [6.45, 7) is 7.74. The number of para-hydroxylation sites is 1. The predicted octanol–water partition coefficient (Wildman–Crippen LogP) is 4.15. The van der Waals surface area contributed by atoms with Crippen molar-refractivity contribution in [3.8, 4) is 5.75 Å². The fourth-order valence-corrected chi connectivity index (χ4v) is 5.39. The molecule has 1 amide bonds. The Morgan fingerprint density at radius 2 is 1.88 bits per heavy atom. The second-order valence-corrected chi connectivity index (χ2v) is 8.87. The molecular weight excluding hydrogens is 412 g/mol. The predicted molar refractivity (Wildman–Crippen MR) is 130 cm³/mol. The number of amides is 1. The molecule has 6 nitrogen and oxygen atoms in total. The molecule has 1 aliphatic heterocycles. The minimum absolute atomic E-state index is 0.0108. The number of methoxy groups -OCH3 is 1. The lowest BCUT2D eigenvalue weighted by atomic mass is 9.82. The number of carbonyl (C=O) groups is 1. The number of nitrogens with two attached hydrogens (primary N) is 1. The summed E-state index contributed by atoms with van der Waals surface area (Å²) in [7, 11) is 1.71. The van der Waals surface area contributed by atoms with E-state index in [1.54, 1.807) is 7.11 Å². The summed E-state index contributed by atoms with van der Waals surface area (Å²) in [5.41, 5.74) is 10.8. The summed E-state index contributed by atoms with van der Waals surface area (Å²) in [6.07, 6.45) is 2.50. The quantitative estimate of drug-likeness (QED) is 0.564. The number of nitrogens with zero attached hydrogens (tertiary/aromatic N) is 3. The highest BCUT2D eigenvalue weighted by Crippen LogP contribution is 2.43. The minimum atomic E-state index is -0.925. The first-order chi connectivity index (χ1) is 15.9. The van der Waals surface area contributed by atoms with Crippen LogP contribution in [0.4, 0.5) is 0 Å². The molecule has 0 saturated heterocycles. The Balaban J connectivity index is 1.80. The maximum Gasteiger partial charge on any atom is 0.242 e. The highest BCUT2D eigenvalue weighted by molar-refractivity contribution is 5.86. The van der Waals surface area contributed by atoms with Crippen molar-refractivity contribution in [3.05, 3.63) is 82.7 Å². The molecular formula is C27H34N4O2. The second kappa shape index (κ2) is 9.40. The van der Waals surface area contributed by atoms with E-state index in [2.05, 4.69) is 29.5 Å². The van der Waals surface area contributed by atoms with Gasteiger partial charge in [0.2, 0.25) is 5.91 Å². The van der Waals surface area contributed by atoms with Crippen LogP contribution >= 0.6 is 0 Å². The monoisotopic (exact) mass is 446 g/mol. The summed E-state index contributed by atoms with van der Waals surface area (Å²) in [6, 6.07) is 18.1. The van der Waals surface area contributed by atoms with E-state index in [1.165, 1.54) is 11.3 Å². The molecule has 0 fully saturated rings. The topological polar surface area (TPSA) is 73.4 Å². The zero-order chi connectivity index (χ0) is 23.6. The van der Waals surface area contributed by atoms with E-state index in [1.807, 2.05) is 55.5 Å². The van der Waals surface area contributed by atoms with Crippen molar-refractivity contribution in [2.24, 2.45) is 5.73 Å². The summed E-state index contributed by atoms with van der Waals surface area (Å²) < 4.78 is 7.71. The number of fused-ring (bicyclic) bond motifs is 1. The maximum atomic E-state index is 13.0. The molecule has 0 saturated carbocycles. The van der Waals surface area contributed by atoms with Crippen LogP contribution in [-0.2, 0) is 29.7 Å². The van der Waals surface area contributed by atoms with Gasteiger partial charge in [0.05, 0.1) is 12.8 Å². The van der Waals surface area contributed by atoms with Gasteiger partial charge in [-0.1, -0.05) is 48.5 Å². The Morgan fingerprint density at radius 1 is 1.18 bits per heavy atom. The lowest BCUT2D eigenvalue weighted by molar-refractivity contribution is -0.132. The zero-order valence-electron chi connectivity index (χ0n) is 20.0. The fraction of sp³-hybridized carbons (Fsp3) is 0.407. The van der Waals surface area contributed by atoms with Crippen LogP contribution in [-0.4, -0.2) is 34.2 Å². The van der Waals surface area contributed by atoms with Crippen LogP contribution in [0.25, 0.3) is 0 Å². The zero-order valence-corrected chi connectivity index (χ0v) is 20.0. The summed E-state index contributed by atoms with van der Waals surface area (Å²) in [5.74, 6) is 0.557. The average Bonchev–Trinajstić information content (AvgIpc) is 3.18. The Kier molecular flexibility index (Phi) is 6.56. The summed E-state index contributed by atoms with van der Waals surface area (Å²) in [5, 5.41) is 4.83. The maximum absolute atomic E-state index is 13.0. The largest absolute Gasteiger partial charge is 0.496 e. The molecule has 0 bridgehead atoms. The van der Waals surface area contributed by atoms with Crippen molar-refractivity contribution >= 4 is 5.91 Å². The highest BCUT2D eigenvalue weighted by atomic mass is 16.5. The third kappa shape index (κ3) is 4.04. The minimum Gasteiger partial charge on any atom is -0.496 e. The standard InChI is InChI=1S/C27H34N4O2/c1-5-31-23-17-18-30(27(3,26(28)32)21-12-7-6-8-13-21)22(25(23)19(2)29-31)16-15-20-11-9-10-14-24(20)33-4/h6-14,22H,5,15-18H2,1-4H3,(H2,28,32). The number of aryl methyl sites for hydroxylation is 3. The van der Waals surface area contributed by atoms with Crippen molar-refractivity contribution in [2.75, 3.05) is 13.7 Å². The Morgan fingerprint density at radius 3 is 2.55 bits per heavy atom. The fourth-order valence-electron chi connectivity index (χ4n) is 5.39. The molecule has 33 heavy (non-hydrogen) atoms. The van der Waals surface area contributed by atoms with Crippen molar-refractivity contribution in [3.63, 3.8) is 0 Å². The number of rotatable bonds is 8. The molecule has 0 spiro atoms. The molecule has 3 aromatic rings. The highest BCUT2D eigenvalue weighted by Gasteiger charge is 2.46. The number of benzene rings is 2. The third-order valence-corrected chi connectivity index (χ3v) is 7.15. The van der Waals surface area contributed by atoms with Gasteiger partial charge in [0.15, 0.2) is 0 Å². The number of hydrogen-bond donors (Lipinski definition) is 1. The lowest BCUT2D eigenvalue weighted by Gasteiger charge is -2.47. The molecule has 0 radical (unpaired) electrons. The molecule has 4 rings (SSSR count). The molecule has 174 valence electrons. The van der Waals surface area contributed by atoms with Gasteiger partial charge in [0, 0.05) is 36.8 Å². The molecule has 1 aliphatic rings. The molecule has 0 aliphatic carbocycles. The molecule has 2 unspecified atom stereocenters. The number of primary amides is 1. The van der Waals surface area contributed by atoms with Gasteiger partial charge >= 0.3 is 0 Å². The van der Waals surface area contributed by atoms with Gasteiger partial charge in [0.1, 0.15) is 11.3 Å². The second-order valence-electron chi connectivity index (χ2n) is 8.87. The van der Waals surface area contributed by atoms with E-state index < -0.39 is 5.54 Å². The van der Waals surface area contributed by atoms with Crippen molar-refractivity contribution in [1.82, 2.24) is 14.7 Å². The Labute approximate surface area is 196 Å². The van der Waals surface area contributed by atoms with Crippen LogP contribution in [0.2, 0.25) is 0 Å². The van der Waals surface area contributed by atoms with E-state index in [0.29, 0.717) is 0 Å². The van der Waals surface area contributed by atoms with Crippen LogP contribution in [0.1, 0.15) is 54.4 Å². The Bertz CT molecular complexity index is 1120. The molecule has 2 N–H and O–H groups in total. The van der Waals surface area contributed by atoms with Gasteiger partial charge in [-0.3, -0.25) is 14.4 Å². The number of aromatic nitrogens is 2. The number of ether oxygens (including phenoxy) is 1. The van der Waals surface area contributed by atoms with Crippen LogP contribution in [0, 0.1) is 6.92 Å². The van der Waals surface area contributed by atoms with Gasteiger partial charge in [0.25, 0.3) is 0 Å². The number of hydrogen-bond acceptors (Lipinski definition) is 4.